The molecule has 1 aromatic heterocycles. The van der Waals surface area contributed by atoms with Crippen LogP contribution in [0.4, 0.5) is 5.82 Å². The third-order valence-corrected chi connectivity index (χ3v) is 2.89. The van der Waals surface area contributed by atoms with E-state index in [1.807, 2.05) is 0 Å². The summed E-state index contributed by atoms with van der Waals surface area (Å²) in [5.41, 5.74) is 2.71. The molecule has 9 nitrogen and oxygen atoms in total. The molecule has 0 aromatic carbocycles. The van der Waals surface area contributed by atoms with E-state index in [0.717, 1.165) is 10.9 Å². The first kappa shape index (κ1) is 12.9. The summed E-state index contributed by atoms with van der Waals surface area (Å²) in [7, 11) is 0. The average Bonchev–Trinajstić information content (AvgIpc) is 2.52. The fourth-order valence-corrected chi connectivity index (χ4v) is 1.87. The van der Waals surface area contributed by atoms with Crippen LogP contribution in [0.2, 0.25) is 0 Å². The number of rotatable bonds is 2. The van der Waals surface area contributed by atoms with Gasteiger partial charge in [-0.3, -0.25) is 0 Å². The lowest BCUT2D eigenvalue weighted by atomic mass is 9.97. The zero-order valence-electron chi connectivity index (χ0n) is 9.59. The van der Waals surface area contributed by atoms with E-state index in [2.05, 4.69) is 10.1 Å². The highest BCUT2D eigenvalue weighted by atomic mass is 16.6. The Bertz CT molecular complexity index is 502. The van der Waals surface area contributed by atoms with E-state index in [9.17, 15) is 15.0 Å². The van der Waals surface area contributed by atoms with E-state index in [0.29, 0.717) is 0 Å². The van der Waals surface area contributed by atoms with Crippen LogP contribution < -0.4 is 11.4 Å². The van der Waals surface area contributed by atoms with Gasteiger partial charge in [-0.25, -0.2) is 4.79 Å². The number of aromatic nitrogens is 3. The van der Waals surface area contributed by atoms with Crippen molar-refractivity contribution in [1.82, 2.24) is 14.8 Å². The molecule has 2 unspecified atom stereocenters. The highest BCUT2D eigenvalue weighted by Gasteiger charge is 2.53. The fraction of sp³-hybridized carbons (Fsp3) is 0.667. The second kappa shape index (κ2) is 4.28. The predicted octanol–water partition coefficient (Wildman–Crippen LogP) is -2.78. The smallest absolute Gasteiger partial charge is 0.368 e. The molecular weight excluding hydrogens is 244 g/mol. The lowest BCUT2D eigenvalue weighted by Gasteiger charge is -2.26. The summed E-state index contributed by atoms with van der Waals surface area (Å²) in [4.78, 5) is 15.0. The van der Waals surface area contributed by atoms with Gasteiger partial charge in [0, 0.05) is 0 Å². The zero-order chi connectivity index (χ0) is 13.5. The number of ether oxygens (including phenoxy) is 1. The van der Waals surface area contributed by atoms with E-state index in [1.54, 1.807) is 0 Å². The van der Waals surface area contributed by atoms with Crippen LogP contribution in [0, 0.1) is 0 Å². The summed E-state index contributed by atoms with van der Waals surface area (Å²) in [6, 6.07) is 0. The van der Waals surface area contributed by atoms with Crippen molar-refractivity contribution in [2.75, 3.05) is 12.3 Å². The van der Waals surface area contributed by atoms with Crippen molar-refractivity contribution in [2.24, 2.45) is 0 Å². The highest BCUT2D eigenvalue weighted by molar-refractivity contribution is 5.19. The molecule has 0 amide bonds. The molecule has 1 saturated heterocycles. The molecule has 1 aliphatic rings. The largest absolute Gasteiger partial charge is 0.394 e. The van der Waals surface area contributed by atoms with E-state index >= 15 is 0 Å². The first-order chi connectivity index (χ1) is 8.37. The van der Waals surface area contributed by atoms with Crippen molar-refractivity contribution in [1.29, 1.82) is 0 Å². The van der Waals surface area contributed by atoms with E-state index < -0.39 is 36.3 Å². The second-order valence-electron chi connectivity index (χ2n) is 4.29. The van der Waals surface area contributed by atoms with Crippen molar-refractivity contribution >= 4 is 5.82 Å². The van der Waals surface area contributed by atoms with Crippen molar-refractivity contribution in [2.45, 2.75) is 31.0 Å². The minimum atomic E-state index is -1.78. The topological polar surface area (TPSA) is 144 Å². The molecule has 100 valence electrons. The van der Waals surface area contributed by atoms with Crippen molar-refractivity contribution in [3.05, 3.63) is 16.7 Å². The van der Waals surface area contributed by atoms with Gasteiger partial charge in [-0.2, -0.15) is 14.8 Å². The lowest BCUT2D eigenvalue weighted by Crippen LogP contribution is -2.47. The SMILES string of the molecule is C[C@]1(O)C(n2ncc(N)nc2=O)OC(CO)[C@H]1O. The first-order valence-electron chi connectivity index (χ1n) is 5.26. The minimum Gasteiger partial charge on any atom is -0.394 e. The summed E-state index contributed by atoms with van der Waals surface area (Å²) in [5.74, 6) is -0.0619. The molecule has 0 saturated carbocycles. The van der Waals surface area contributed by atoms with Gasteiger partial charge in [0.2, 0.25) is 0 Å². The van der Waals surface area contributed by atoms with Gasteiger partial charge >= 0.3 is 5.69 Å². The van der Waals surface area contributed by atoms with Gasteiger partial charge < -0.3 is 25.8 Å². The molecule has 5 N–H and O–H groups in total. The number of aliphatic hydroxyl groups is 3. The third-order valence-electron chi connectivity index (χ3n) is 2.89. The Morgan fingerprint density at radius 1 is 1.67 bits per heavy atom. The van der Waals surface area contributed by atoms with E-state index in [-0.39, 0.29) is 5.82 Å². The van der Waals surface area contributed by atoms with Gasteiger partial charge in [0.25, 0.3) is 0 Å². The van der Waals surface area contributed by atoms with Crippen LogP contribution in [-0.4, -0.2) is 54.5 Å². The van der Waals surface area contributed by atoms with Crippen LogP contribution in [0.1, 0.15) is 13.2 Å². The molecule has 0 bridgehead atoms. The second-order valence-corrected chi connectivity index (χ2v) is 4.29. The minimum absolute atomic E-state index is 0.0619. The number of anilines is 1. The van der Waals surface area contributed by atoms with Crippen LogP contribution in [0.25, 0.3) is 0 Å². The number of nitrogens with two attached hydrogens (primary N) is 1. The average molecular weight is 258 g/mol. The Morgan fingerprint density at radius 3 is 2.83 bits per heavy atom. The van der Waals surface area contributed by atoms with Crippen LogP contribution in [-0.2, 0) is 4.74 Å². The molecule has 4 atom stereocenters. The van der Waals surface area contributed by atoms with Crippen LogP contribution in [0.3, 0.4) is 0 Å². The molecule has 2 rings (SSSR count). The van der Waals surface area contributed by atoms with E-state index in [4.69, 9.17) is 15.6 Å². The monoisotopic (exact) mass is 258 g/mol. The van der Waals surface area contributed by atoms with Crippen LogP contribution in [0.5, 0.6) is 0 Å². The van der Waals surface area contributed by atoms with Gasteiger partial charge in [0.05, 0.1) is 12.8 Å². The van der Waals surface area contributed by atoms with Crippen molar-refractivity contribution in [3.8, 4) is 0 Å². The van der Waals surface area contributed by atoms with Crippen molar-refractivity contribution < 1.29 is 20.1 Å². The number of aliphatic hydroxyl groups excluding tert-OH is 2. The zero-order valence-corrected chi connectivity index (χ0v) is 9.59. The van der Waals surface area contributed by atoms with Crippen molar-refractivity contribution in [3.63, 3.8) is 0 Å². The maximum absolute atomic E-state index is 11.6. The maximum Gasteiger partial charge on any atom is 0.368 e. The Kier molecular flexibility index (Phi) is 3.07. The Balaban J connectivity index is 2.42. The standard InChI is InChI=1S/C9H14N4O5/c1-9(17)6(15)4(3-14)18-7(9)13-8(16)12-5(10)2-11-13/h2,4,6-7,14-15,17H,3H2,1H3,(H2,10,12,16)/t4?,6-,7?,9-/m1/s1. The molecule has 1 aliphatic heterocycles. The Labute approximate surface area is 101 Å². The van der Waals surface area contributed by atoms with Gasteiger partial charge in [-0.05, 0) is 6.92 Å². The molecule has 1 fully saturated rings. The number of nitrogen functional groups attached to an aromatic ring is 1. The van der Waals surface area contributed by atoms with E-state index in [1.165, 1.54) is 6.92 Å². The molecule has 18 heavy (non-hydrogen) atoms. The fourth-order valence-electron chi connectivity index (χ4n) is 1.87. The summed E-state index contributed by atoms with van der Waals surface area (Å²) in [6.45, 7) is 0.785. The molecule has 2 heterocycles. The molecule has 0 aliphatic carbocycles. The van der Waals surface area contributed by atoms with Crippen LogP contribution >= 0.6 is 0 Å². The predicted molar refractivity (Wildman–Crippen MR) is 58.3 cm³/mol. The molecule has 9 heteroatoms. The summed E-state index contributed by atoms with van der Waals surface area (Å²) < 4.78 is 5.99. The summed E-state index contributed by atoms with van der Waals surface area (Å²) in [5, 5.41) is 32.6. The van der Waals surface area contributed by atoms with Gasteiger partial charge in [-0.1, -0.05) is 0 Å². The number of hydrogen-bond acceptors (Lipinski definition) is 8. The quantitative estimate of drug-likeness (QED) is 0.446. The number of hydrogen-bond donors (Lipinski definition) is 4. The highest BCUT2D eigenvalue weighted by Crippen LogP contribution is 2.36. The Hall–Kier alpha value is -1.55. The summed E-state index contributed by atoms with van der Waals surface area (Å²) >= 11 is 0. The molecule has 0 radical (unpaired) electrons. The van der Waals surface area contributed by atoms with Gasteiger partial charge in [0.1, 0.15) is 23.6 Å². The van der Waals surface area contributed by atoms with Crippen LogP contribution in [0.15, 0.2) is 11.0 Å². The lowest BCUT2D eigenvalue weighted by molar-refractivity contribution is -0.105. The molecule has 1 aromatic rings. The number of nitrogens with zero attached hydrogens (tertiary/aromatic N) is 3. The van der Waals surface area contributed by atoms with Gasteiger partial charge in [-0.15, -0.1) is 0 Å². The Morgan fingerprint density at radius 2 is 2.33 bits per heavy atom. The third kappa shape index (κ3) is 1.86. The maximum atomic E-state index is 11.6. The summed E-state index contributed by atoms with van der Waals surface area (Å²) in [6.07, 6.45) is -2.47. The normalized spacial score (nSPS) is 35.9. The molecular formula is C9H14N4O5. The first-order valence-corrected chi connectivity index (χ1v) is 5.26. The van der Waals surface area contributed by atoms with Gasteiger partial charge in [0.15, 0.2) is 6.23 Å². The molecule has 0 spiro atoms.